The van der Waals surface area contributed by atoms with Crippen molar-refractivity contribution in [3.63, 3.8) is 0 Å². The predicted molar refractivity (Wildman–Crippen MR) is 51.4 cm³/mol. The maximum Gasteiger partial charge on any atom is 0.221 e. The molecule has 1 amide bonds. The number of rotatable bonds is 6. The van der Waals surface area contributed by atoms with E-state index in [2.05, 4.69) is 25.8 Å². The van der Waals surface area contributed by atoms with E-state index >= 15 is 0 Å². The van der Waals surface area contributed by atoms with Crippen LogP contribution in [0.25, 0.3) is 0 Å². The van der Waals surface area contributed by atoms with Crippen LogP contribution in [-0.2, 0) is 11.3 Å². The van der Waals surface area contributed by atoms with Gasteiger partial charge in [-0.25, -0.2) is 4.98 Å². The maximum absolute atomic E-state index is 11.2. The molecule has 1 aromatic heterocycles. The Hall–Kier alpha value is -1.43. The standard InChI is InChI=1S/C8H15N5O/c1-2-9-4-3-8(14)10-5-7-11-6-12-13-7/h6,9H,2-5H2,1H3,(H,10,14)(H,11,12,13). The summed E-state index contributed by atoms with van der Waals surface area (Å²) < 4.78 is 0. The molecule has 0 saturated heterocycles. The van der Waals surface area contributed by atoms with Gasteiger partial charge in [-0.05, 0) is 6.54 Å². The number of aromatic nitrogens is 3. The molecule has 0 bridgehead atoms. The average molecular weight is 197 g/mol. The van der Waals surface area contributed by atoms with E-state index in [0.717, 1.165) is 6.54 Å². The highest BCUT2D eigenvalue weighted by Gasteiger charge is 2.01. The lowest BCUT2D eigenvalue weighted by Gasteiger charge is -2.02. The van der Waals surface area contributed by atoms with Gasteiger partial charge >= 0.3 is 0 Å². The molecular weight excluding hydrogens is 182 g/mol. The van der Waals surface area contributed by atoms with Gasteiger partial charge in [-0.1, -0.05) is 6.92 Å². The summed E-state index contributed by atoms with van der Waals surface area (Å²) >= 11 is 0. The molecule has 78 valence electrons. The first-order chi connectivity index (χ1) is 6.83. The number of nitrogens with one attached hydrogen (secondary N) is 3. The first-order valence-electron chi connectivity index (χ1n) is 4.64. The summed E-state index contributed by atoms with van der Waals surface area (Å²) in [7, 11) is 0. The average Bonchev–Trinajstić information content (AvgIpc) is 2.68. The molecule has 0 atom stereocenters. The Morgan fingerprint density at radius 3 is 3.14 bits per heavy atom. The number of carbonyl (C=O) groups is 1. The molecule has 1 aromatic rings. The van der Waals surface area contributed by atoms with Gasteiger partial charge in [-0.2, -0.15) is 5.10 Å². The summed E-state index contributed by atoms with van der Waals surface area (Å²) in [4.78, 5) is 15.1. The van der Waals surface area contributed by atoms with E-state index in [1.807, 2.05) is 6.92 Å². The third kappa shape index (κ3) is 3.99. The van der Waals surface area contributed by atoms with Crippen molar-refractivity contribution >= 4 is 5.91 Å². The minimum atomic E-state index is 0.0161. The Balaban J connectivity index is 2.09. The van der Waals surface area contributed by atoms with Crippen LogP contribution in [0.4, 0.5) is 0 Å². The van der Waals surface area contributed by atoms with E-state index in [1.54, 1.807) is 0 Å². The number of carbonyl (C=O) groups excluding carboxylic acids is 1. The minimum absolute atomic E-state index is 0.0161. The zero-order chi connectivity index (χ0) is 10.2. The molecule has 0 aromatic carbocycles. The lowest BCUT2D eigenvalue weighted by atomic mass is 10.4. The summed E-state index contributed by atoms with van der Waals surface area (Å²) in [6, 6.07) is 0. The number of hydrogen-bond donors (Lipinski definition) is 3. The molecule has 6 nitrogen and oxygen atoms in total. The van der Waals surface area contributed by atoms with Crippen LogP contribution in [0.3, 0.4) is 0 Å². The van der Waals surface area contributed by atoms with Gasteiger partial charge in [0.2, 0.25) is 5.91 Å². The zero-order valence-electron chi connectivity index (χ0n) is 8.21. The number of amides is 1. The van der Waals surface area contributed by atoms with E-state index in [1.165, 1.54) is 6.33 Å². The van der Waals surface area contributed by atoms with Gasteiger partial charge in [-0.15, -0.1) is 0 Å². The molecule has 3 N–H and O–H groups in total. The van der Waals surface area contributed by atoms with E-state index in [4.69, 9.17) is 0 Å². The van der Waals surface area contributed by atoms with Gasteiger partial charge in [0.05, 0.1) is 6.54 Å². The molecule has 0 saturated carbocycles. The van der Waals surface area contributed by atoms with Gasteiger partial charge < -0.3 is 10.6 Å². The van der Waals surface area contributed by atoms with E-state index < -0.39 is 0 Å². The molecule has 14 heavy (non-hydrogen) atoms. The molecule has 0 spiro atoms. The predicted octanol–water partition coefficient (Wildman–Crippen LogP) is -0.579. The quantitative estimate of drug-likeness (QED) is 0.533. The lowest BCUT2D eigenvalue weighted by Crippen LogP contribution is -2.27. The zero-order valence-corrected chi connectivity index (χ0v) is 8.21. The van der Waals surface area contributed by atoms with Gasteiger partial charge in [0.15, 0.2) is 0 Å². The van der Waals surface area contributed by atoms with Crippen LogP contribution in [0.15, 0.2) is 6.33 Å². The highest BCUT2D eigenvalue weighted by atomic mass is 16.1. The van der Waals surface area contributed by atoms with Crippen molar-refractivity contribution in [1.29, 1.82) is 0 Å². The second-order valence-electron chi connectivity index (χ2n) is 2.81. The lowest BCUT2D eigenvalue weighted by molar-refractivity contribution is -0.121. The fourth-order valence-corrected chi connectivity index (χ4v) is 0.965. The largest absolute Gasteiger partial charge is 0.349 e. The summed E-state index contributed by atoms with van der Waals surface area (Å²) in [5, 5.41) is 12.2. The van der Waals surface area contributed by atoms with Gasteiger partial charge in [0.25, 0.3) is 0 Å². The number of H-pyrrole nitrogens is 1. The van der Waals surface area contributed by atoms with Crippen LogP contribution >= 0.6 is 0 Å². The molecule has 0 unspecified atom stereocenters. The van der Waals surface area contributed by atoms with Crippen LogP contribution in [-0.4, -0.2) is 34.2 Å². The molecule has 1 rings (SSSR count). The molecule has 0 radical (unpaired) electrons. The smallest absolute Gasteiger partial charge is 0.221 e. The Bertz CT molecular complexity index is 259. The van der Waals surface area contributed by atoms with E-state index in [0.29, 0.717) is 25.3 Å². The SMILES string of the molecule is CCNCCC(=O)NCc1ncn[nH]1. The first-order valence-corrected chi connectivity index (χ1v) is 4.64. The number of aromatic amines is 1. The van der Waals surface area contributed by atoms with Crippen molar-refractivity contribution in [2.45, 2.75) is 19.9 Å². The Morgan fingerprint density at radius 1 is 1.64 bits per heavy atom. The highest BCUT2D eigenvalue weighted by Crippen LogP contribution is 1.85. The van der Waals surface area contributed by atoms with Crippen LogP contribution < -0.4 is 10.6 Å². The van der Waals surface area contributed by atoms with Crippen molar-refractivity contribution in [2.24, 2.45) is 0 Å². The molecule has 0 aliphatic heterocycles. The summed E-state index contributed by atoms with van der Waals surface area (Å²) in [6.45, 7) is 4.01. The van der Waals surface area contributed by atoms with Crippen LogP contribution in [0.5, 0.6) is 0 Å². The molecule has 6 heteroatoms. The van der Waals surface area contributed by atoms with Crippen molar-refractivity contribution in [2.75, 3.05) is 13.1 Å². The fourth-order valence-electron chi connectivity index (χ4n) is 0.965. The summed E-state index contributed by atoms with van der Waals surface area (Å²) in [5.41, 5.74) is 0. The van der Waals surface area contributed by atoms with Crippen molar-refractivity contribution in [1.82, 2.24) is 25.8 Å². The summed E-state index contributed by atoms with van der Waals surface area (Å²) in [5.74, 6) is 0.684. The monoisotopic (exact) mass is 197 g/mol. The molecule has 0 aliphatic carbocycles. The highest BCUT2D eigenvalue weighted by molar-refractivity contribution is 5.75. The topological polar surface area (TPSA) is 82.7 Å². The van der Waals surface area contributed by atoms with E-state index in [9.17, 15) is 4.79 Å². The Labute approximate surface area is 82.5 Å². The molecular formula is C8H15N5O. The van der Waals surface area contributed by atoms with Gasteiger partial charge in [0, 0.05) is 13.0 Å². The Kier molecular flexibility index (Phi) is 4.63. The van der Waals surface area contributed by atoms with Crippen molar-refractivity contribution in [3.05, 3.63) is 12.2 Å². The second kappa shape index (κ2) is 6.09. The van der Waals surface area contributed by atoms with Crippen molar-refractivity contribution < 1.29 is 4.79 Å². The Morgan fingerprint density at radius 2 is 2.50 bits per heavy atom. The van der Waals surface area contributed by atoms with Crippen LogP contribution in [0, 0.1) is 0 Å². The molecule has 0 aliphatic rings. The van der Waals surface area contributed by atoms with Crippen LogP contribution in [0.1, 0.15) is 19.2 Å². The number of hydrogen-bond acceptors (Lipinski definition) is 4. The minimum Gasteiger partial charge on any atom is -0.349 e. The van der Waals surface area contributed by atoms with Crippen molar-refractivity contribution in [3.8, 4) is 0 Å². The third-order valence-corrected chi connectivity index (χ3v) is 1.70. The first kappa shape index (κ1) is 10.6. The summed E-state index contributed by atoms with van der Waals surface area (Å²) in [6.07, 6.45) is 1.90. The normalized spacial score (nSPS) is 10.1. The third-order valence-electron chi connectivity index (χ3n) is 1.70. The maximum atomic E-state index is 11.2. The molecule has 0 fully saturated rings. The van der Waals surface area contributed by atoms with E-state index in [-0.39, 0.29) is 5.91 Å². The number of nitrogens with zero attached hydrogens (tertiary/aromatic N) is 2. The van der Waals surface area contributed by atoms with Gasteiger partial charge in [0.1, 0.15) is 12.2 Å². The fraction of sp³-hybridized carbons (Fsp3) is 0.625. The molecule has 1 heterocycles. The van der Waals surface area contributed by atoms with Crippen LogP contribution in [0.2, 0.25) is 0 Å². The second-order valence-corrected chi connectivity index (χ2v) is 2.81. The van der Waals surface area contributed by atoms with Gasteiger partial charge in [-0.3, -0.25) is 9.89 Å².